The molecule has 3 aromatic rings. The zero-order valence-corrected chi connectivity index (χ0v) is 14.2. The number of anilines is 1. The number of hydrogen-bond donors (Lipinski definition) is 1. The van der Waals surface area contributed by atoms with Gasteiger partial charge < -0.3 is 19.8 Å². The molecular weight excluding hydrogens is 316 g/mol. The number of nitrogens with zero attached hydrogens (tertiary/aromatic N) is 1. The summed E-state index contributed by atoms with van der Waals surface area (Å²) in [6, 6.07) is 14.9. The second kappa shape index (κ2) is 6.81. The van der Waals surface area contributed by atoms with Crippen LogP contribution >= 0.6 is 0 Å². The number of nitrogens with one attached hydrogen (secondary N) is 1. The summed E-state index contributed by atoms with van der Waals surface area (Å²) in [5.74, 6) is -1.46. The molecule has 0 aliphatic carbocycles. The average Bonchev–Trinajstić information content (AvgIpc) is 2.95. The minimum absolute atomic E-state index is 0.00485. The molecule has 0 fully saturated rings. The minimum atomic E-state index is -1.31. The lowest BCUT2D eigenvalue weighted by molar-refractivity contribution is -0.255. The summed E-state index contributed by atoms with van der Waals surface area (Å²) in [6.07, 6.45) is -0.00485. The fraction of sp³-hybridized carbons (Fsp3) is 0.200. The van der Waals surface area contributed by atoms with Gasteiger partial charge in [-0.05, 0) is 43.2 Å². The molecule has 5 nitrogen and oxygen atoms in total. The Bertz CT molecular complexity index is 943. The number of H-pyrrole nitrogens is 1. The van der Waals surface area contributed by atoms with E-state index in [0.717, 1.165) is 16.6 Å². The predicted octanol–water partition coefficient (Wildman–Crippen LogP) is 2.44. The van der Waals surface area contributed by atoms with Gasteiger partial charge >= 0.3 is 0 Å². The third kappa shape index (κ3) is 3.26. The molecule has 1 N–H and O–H groups in total. The number of amides is 1. The van der Waals surface area contributed by atoms with Crippen LogP contribution in [0.2, 0.25) is 0 Å². The number of para-hydroxylation sites is 1. The fourth-order valence-corrected chi connectivity index (χ4v) is 3.10. The SMILES string of the molecule is CCN(C(=O)Cc1c(C(=O)[O-])[nH]c2ccccc12)c1cccc(C)c1. The number of fused-ring (bicyclic) bond motifs is 1. The molecule has 1 heterocycles. The molecule has 0 saturated heterocycles. The van der Waals surface area contributed by atoms with E-state index in [1.165, 1.54) is 0 Å². The molecular formula is C20H19N2O3-. The van der Waals surface area contributed by atoms with Gasteiger partial charge in [0.05, 0.1) is 18.1 Å². The first kappa shape index (κ1) is 16.8. The highest BCUT2D eigenvalue weighted by atomic mass is 16.4. The van der Waals surface area contributed by atoms with Crippen LogP contribution < -0.4 is 10.0 Å². The van der Waals surface area contributed by atoms with Crippen molar-refractivity contribution >= 4 is 28.5 Å². The van der Waals surface area contributed by atoms with Gasteiger partial charge in [0, 0.05) is 23.1 Å². The maximum atomic E-state index is 12.9. The number of aromatic amines is 1. The summed E-state index contributed by atoms with van der Waals surface area (Å²) < 4.78 is 0. The molecule has 0 aliphatic heterocycles. The summed E-state index contributed by atoms with van der Waals surface area (Å²) in [7, 11) is 0. The standard InChI is InChI=1S/C20H20N2O3/c1-3-22(14-8-6-7-13(2)11-14)18(23)12-16-15-9-4-5-10-17(15)21-19(16)20(24)25/h4-11,21H,3,12H2,1-2H3,(H,24,25)/p-1. The van der Waals surface area contributed by atoms with E-state index in [9.17, 15) is 14.7 Å². The van der Waals surface area contributed by atoms with E-state index in [-0.39, 0.29) is 18.0 Å². The van der Waals surface area contributed by atoms with Crippen molar-refractivity contribution in [3.8, 4) is 0 Å². The summed E-state index contributed by atoms with van der Waals surface area (Å²) in [5, 5.41) is 12.2. The number of carboxylic acids is 1. The number of carbonyl (C=O) groups is 2. The van der Waals surface area contributed by atoms with Crippen molar-refractivity contribution in [2.45, 2.75) is 20.3 Å². The lowest BCUT2D eigenvalue weighted by atomic mass is 10.1. The highest BCUT2D eigenvalue weighted by Gasteiger charge is 2.20. The van der Waals surface area contributed by atoms with E-state index in [1.54, 1.807) is 11.0 Å². The Labute approximate surface area is 145 Å². The van der Waals surface area contributed by atoms with E-state index in [0.29, 0.717) is 17.6 Å². The van der Waals surface area contributed by atoms with Crippen LogP contribution in [0.5, 0.6) is 0 Å². The molecule has 25 heavy (non-hydrogen) atoms. The molecule has 0 radical (unpaired) electrons. The van der Waals surface area contributed by atoms with Crippen molar-refractivity contribution in [2.75, 3.05) is 11.4 Å². The Morgan fingerprint density at radius 3 is 2.56 bits per heavy atom. The molecule has 0 saturated carbocycles. The van der Waals surface area contributed by atoms with E-state index in [4.69, 9.17) is 0 Å². The van der Waals surface area contributed by atoms with Crippen molar-refractivity contribution in [2.24, 2.45) is 0 Å². The number of likely N-dealkylation sites (N-methyl/N-ethyl adjacent to an activating group) is 1. The largest absolute Gasteiger partial charge is 0.543 e. The van der Waals surface area contributed by atoms with Gasteiger partial charge in [0.25, 0.3) is 0 Å². The first-order valence-electron chi connectivity index (χ1n) is 8.19. The Kier molecular flexibility index (Phi) is 4.57. The second-order valence-electron chi connectivity index (χ2n) is 5.97. The van der Waals surface area contributed by atoms with Crippen LogP contribution in [0.3, 0.4) is 0 Å². The highest BCUT2D eigenvalue weighted by molar-refractivity contribution is 6.02. The smallest absolute Gasteiger partial charge is 0.231 e. The number of rotatable bonds is 5. The number of carboxylic acid groups (broad SMARTS) is 1. The van der Waals surface area contributed by atoms with Crippen molar-refractivity contribution in [3.05, 3.63) is 65.4 Å². The molecule has 0 aliphatic rings. The van der Waals surface area contributed by atoms with E-state index < -0.39 is 5.97 Å². The molecule has 128 valence electrons. The minimum Gasteiger partial charge on any atom is -0.543 e. The number of aryl methyl sites for hydroxylation is 1. The fourth-order valence-electron chi connectivity index (χ4n) is 3.10. The van der Waals surface area contributed by atoms with Crippen molar-refractivity contribution < 1.29 is 14.7 Å². The van der Waals surface area contributed by atoms with Crippen LogP contribution in [0, 0.1) is 6.92 Å². The first-order valence-corrected chi connectivity index (χ1v) is 8.19. The maximum absolute atomic E-state index is 12.9. The zero-order valence-electron chi connectivity index (χ0n) is 14.2. The van der Waals surface area contributed by atoms with Gasteiger partial charge in [-0.15, -0.1) is 0 Å². The van der Waals surface area contributed by atoms with Gasteiger partial charge in [-0.1, -0.05) is 30.3 Å². The van der Waals surface area contributed by atoms with E-state index >= 15 is 0 Å². The monoisotopic (exact) mass is 335 g/mol. The van der Waals surface area contributed by atoms with Crippen molar-refractivity contribution in [1.29, 1.82) is 0 Å². The third-order valence-electron chi connectivity index (χ3n) is 4.28. The van der Waals surface area contributed by atoms with Crippen LogP contribution in [0.15, 0.2) is 48.5 Å². The van der Waals surface area contributed by atoms with Crippen LogP contribution in [-0.4, -0.2) is 23.4 Å². The van der Waals surface area contributed by atoms with E-state index in [2.05, 4.69) is 4.98 Å². The molecule has 0 atom stereocenters. The quantitative estimate of drug-likeness (QED) is 0.778. The molecule has 0 spiro atoms. The second-order valence-corrected chi connectivity index (χ2v) is 5.97. The summed E-state index contributed by atoms with van der Waals surface area (Å²) in [4.78, 5) is 28.8. The van der Waals surface area contributed by atoms with Gasteiger partial charge in [0.2, 0.25) is 5.91 Å². The molecule has 0 unspecified atom stereocenters. The topological polar surface area (TPSA) is 76.2 Å². The van der Waals surface area contributed by atoms with Gasteiger partial charge in [-0.2, -0.15) is 0 Å². The Balaban J connectivity index is 1.98. The summed E-state index contributed by atoms with van der Waals surface area (Å²) >= 11 is 0. The number of carbonyl (C=O) groups excluding carboxylic acids is 2. The van der Waals surface area contributed by atoms with Crippen LogP contribution in [0.4, 0.5) is 5.69 Å². The lowest BCUT2D eigenvalue weighted by Gasteiger charge is -2.22. The summed E-state index contributed by atoms with van der Waals surface area (Å²) in [5.41, 5.74) is 2.98. The van der Waals surface area contributed by atoms with Gasteiger partial charge in [0.1, 0.15) is 0 Å². The highest BCUT2D eigenvalue weighted by Crippen LogP contribution is 2.24. The van der Waals surface area contributed by atoms with Crippen molar-refractivity contribution in [1.82, 2.24) is 4.98 Å². The third-order valence-corrected chi connectivity index (χ3v) is 4.28. The zero-order chi connectivity index (χ0) is 18.0. The Morgan fingerprint density at radius 1 is 1.12 bits per heavy atom. The molecule has 3 rings (SSSR count). The van der Waals surface area contributed by atoms with Gasteiger partial charge in [-0.25, -0.2) is 0 Å². The lowest BCUT2D eigenvalue weighted by Crippen LogP contribution is -2.33. The van der Waals surface area contributed by atoms with Crippen LogP contribution in [0.25, 0.3) is 10.9 Å². The first-order chi connectivity index (χ1) is 12.0. The van der Waals surface area contributed by atoms with E-state index in [1.807, 2.05) is 56.3 Å². The normalized spacial score (nSPS) is 10.8. The number of hydrogen-bond acceptors (Lipinski definition) is 3. The summed E-state index contributed by atoms with van der Waals surface area (Å²) in [6.45, 7) is 4.37. The molecule has 5 heteroatoms. The van der Waals surface area contributed by atoms with Crippen LogP contribution in [0.1, 0.15) is 28.5 Å². The van der Waals surface area contributed by atoms with Crippen molar-refractivity contribution in [3.63, 3.8) is 0 Å². The molecule has 1 aromatic heterocycles. The van der Waals surface area contributed by atoms with Gasteiger partial charge in [-0.3, -0.25) is 4.79 Å². The van der Waals surface area contributed by atoms with Crippen LogP contribution in [-0.2, 0) is 11.2 Å². The average molecular weight is 335 g/mol. The number of aromatic nitrogens is 1. The predicted molar refractivity (Wildman–Crippen MR) is 95.5 cm³/mol. The number of benzene rings is 2. The molecule has 1 amide bonds. The van der Waals surface area contributed by atoms with Gasteiger partial charge in [0.15, 0.2) is 0 Å². The Morgan fingerprint density at radius 2 is 1.88 bits per heavy atom. The maximum Gasteiger partial charge on any atom is 0.231 e. The Hall–Kier alpha value is -3.08. The molecule has 0 bridgehead atoms. The molecule has 2 aromatic carbocycles. The number of aromatic carboxylic acids is 1.